The van der Waals surface area contributed by atoms with E-state index in [1.807, 2.05) is 0 Å². The number of rotatable bonds is 3. The fourth-order valence-electron chi connectivity index (χ4n) is 2.96. The van der Waals surface area contributed by atoms with Crippen molar-refractivity contribution in [2.45, 2.75) is 31.6 Å². The summed E-state index contributed by atoms with van der Waals surface area (Å²) >= 11 is 0. The van der Waals surface area contributed by atoms with E-state index in [4.69, 9.17) is 10.3 Å². The van der Waals surface area contributed by atoms with Gasteiger partial charge in [-0.25, -0.2) is 4.39 Å². The zero-order chi connectivity index (χ0) is 14.8. The van der Waals surface area contributed by atoms with Crippen molar-refractivity contribution < 1.29 is 14.0 Å². The Morgan fingerprint density at radius 3 is 2.90 bits per heavy atom. The average molecular weight is 291 g/mol. The van der Waals surface area contributed by atoms with Gasteiger partial charge in [0.1, 0.15) is 0 Å². The van der Waals surface area contributed by atoms with Crippen LogP contribution in [-0.2, 0) is 0 Å². The lowest BCUT2D eigenvalue weighted by atomic mass is 9.79. The summed E-state index contributed by atoms with van der Waals surface area (Å²) in [5, 5.41) is 13.1. The summed E-state index contributed by atoms with van der Waals surface area (Å²) in [5.74, 6) is 0.378. The molecular formula is C15H18FN3O2. The van der Waals surface area contributed by atoms with Crippen LogP contribution in [0.1, 0.15) is 37.5 Å². The molecule has 21 heavy (non-hydrogen) atoms. The molecule has 0 amide bonds. The number of phenolic OH excluding ortho intramolecular Hbond substituents is 1. The zero-order valence-electron chi connectivity index (χ0n) is 11.6. The van der Waals surface area contributed by atoms with E-state index in [1.54, 1.807) is 6.07 Å². The summed E-state index contributed by atoms with van der Waals surface area (Å²) < 4.78 is 18.7. The Kier molecular flexibility index (Phi) is 3.88. The smallest absolute Gasteiger partial charge is 0.230 e. The Bertz CT molecular complexity index is 629. The molecule has 1 heterocycles. The average Bonchev–Trinajstić information content (AvgIpc) is 2.99. The lowest BCUT2D eigenvalue weighted by molar-refractivity contribution is 0.249. The molecule has 1 aliphatic carbocycles. The van der Waals surface area contributed by atoms with Gasteiger partial charge in [0, 0.05) is 11.5 Å². The van der Waals surface area contributed by atoms with Crippen LogP contribution in [0.3, 0.4) is 0 Å². The van der Waals surface area contributed by atoms with Crippen molar-refractivity contribution in [3.63, 3.8) is 0 Å². The molecule has 3 rings (SSSR count). The van der Waals surface area contributed by atoms with Crippen molar-refractivity contribution in [3.05, 3.63) is 29.9 Å². The third kappa shape index (κ3) is 2.76. The molecule has 1 aromatic carbocycles. The van der Waals surface area contributed by atoms with Crippen molar-refractivity contribution >= 4 is 0 Å². The number of hydrogen-bond acceptors (Lipinski definition) is 5. The molecule has 0 saturated heterocycles. The fourth-order valence-corrected chi connectivity index (χ4v) is 2.96. The van der Waals surface area contributed by atoms with Gasteiger partial charge in [-0.3, -0.25) is 0 Å². The zero-order valence-corrected chi connectivity index (χ0v) is 11.6. The van der Waals surface area contributed by atoms with E-state index in [9.17, 15) is 9.50 Å². The molecule has 0 bridgehead atoms. The van der Waals surface area contributed by atoms with E-state index >= 15 is 0 Å². The van der Waals surface area contributed by atoms with E-state index in [0.29, 0.717) is 29.7 Å². The Morgan fingerprint density at radius 1 is 1.33 bits per heavy atom. The molecule has 3 N–H and O–H groups in total. The maximum Gasteiger partial charge on any atom is 0.230 e. The highest BCUT2D eigenvalue weighted by atomic mass is 19.1. The molecular weight excluding hydrogens is 273 g/mol. The van der Waals surface area contributed by atoms with Crippen molar-refractivity contribution in [2.24, 2.45) is 11.7 Å². The number of aromatic hydroxyl groups is 1. The number of phenols is 1. The quantitative estimate of drug-likeness (QED) is 0.908. The summed E-state index contributed by atoms with van der Waals surface area (Å²) in [7, 11) is 0. The molecule has 2 aromatic rings. The molecule has 1 saturated carbocycles. The minimum absolute atomic E-state index is 0.187. The largest absolute Gasteiger partial charge is 0.505 e. The van der Waals surface area contributed by atoms with Crippen LogP contribution >= 0.6 is 0 Å². The summed E-state index contributed by atoms with van der Waals surface area (Å²) in [6.45, 7) is 0.607. The van der Waals surface area contributed by atoms with Gasteiger partial charge in [-0.05, 0) is 43.5 Å². The second-order valence-electron chi connectivity index (χ2n) is 5.51. The Labute approximate surface area is 122 Å². The van der Waals surface area contributed by atoms with E-state index in [2.05, 4.69) is 10.1 Å². The van der Waals surface area contributed by atoms with E-state index < -0.39 is 11.6 Å². The van der Waals surface area contributed by atoms with Crippen LogP contribution in [0, 0.1) is 11.7 Å². The maximum atomic E-state index is 13.4. The number of aromatic nitrogens is 2. The van der Waals surface area contributed by atoms with Crippen LogP contribution in [-0.4, -0.2) is 21.8 Å². The Balaban J connectivity index is 1.86. The highest BCUT2D eigenvalue weighted by molar-refractivity contribution is 5.55. The number of halogens is 1. The van der Waals surface area contributed by atoms with Crippen LogP contribution in [0.4, 0.5) is 4.39 Å². The first-order chi connectivity index (χ1) is 10.2. The van der Waals surface area contributed by atoms with E-state index in [1.165, 1.54) is 18.6 Å². The summed E-state index contributed by atoms with van der Waals surface area (Å²) in [4.78, 5) is 4.39. The fraction of sp³-hybridized carbons (Fsp3) is 0.467. The number of benzene rings is 1. The predicted octanol–water partition coefficient (Wildman–Crippen LogP) is 2.81. The third-order valence-electron chi connectivity index (χ3n) is 4.18. The lowest BCUT2D eigenvalue weighted by Crippen LogP contribution is -2.25. The van der Waals surface area contributed by atoms with Gasteiger partial charge in [-0.2, -0.15) is 4.98 Å². The lowest BCUT2D eigenvalue weighted by Gasteiger charge is -2.27. The van der Waals surface area contributed by atoms with Crippen LogP contribution in [0.25, 0.3) is 11.4 Å². The molecule has 0 aliphatic heterocycles. The SMILES string of the molecule is NCC1CCCCC1c1nc(-c2ccc(O)c(F)c2)no1. The van der Waals surface area contributed by atoms with Crippen molar-refractivity contribution in [2.75, 3.05) is 6.54 Å². The van der Waals surface area contributed by atoms with Gasteiger partial charge >= 0.3 is 0 Å². The number of nitrogens with two attached hydrogens (primary N) is 1. The molecule has 112 valence electrons. The highest BCUT2D eigenvalue weighted by Crippen LogP contribution is 2.37. The van der Waals surface area contributed by atoms with Crippen molar-refractivity contribution in [1.29, 1.82) is 0 Å². The second-order valence-corrected chi connectivity index (χ2v) is 5.51. The van der Waals surface area contributed by atoms with Crippen molar-refractivity contribution in [1.82, 2.24) is 10.1 Å². The minimum Gasteiger partial charge on any atom is -0.505 e. The van der Waals surface area contributed by atoms with Gasteiger partial charge in [0.2, 0.25) is 11.7 Å². The molecule has 2 unspecified atom stereocenters. The molecule has 1 aromatic heterocycles. The molecule has 2 atom stereocenters. The third-order valence-corrected chi connectivity index (χ3v) is 4.18. The Hall–Kier alpha value is -1.95. The first-order valence-corrected chi connectivity index (χ1v) is 7.21. The van der Waals surface area contributed by atoms with Gasteiger partial charge < -0.3 is 15.4 Å². The highest BCUT2D eigenvalue weighted by Gasteiger charge is 2.30. The van der Waals surface area contributed by atoms with E-state index in [-0.39, 0.29) is 5.92 Å². The Morgan fingerprint density at radius 2 is 2.14 bits per heavy atom. The first kappa shape index (κ1) is 14.0. The summed E-state index contributed by atoms with van der Waals surface area (Å²) in [5.41, 5.74) is 6.30. The van der Waals surface area contributed by atoms with Gasteiger partial charge in [-0.15, -0.1) is 0 Å². The molecule has 5 nitrogen and oxygen atoms in total. The minimum atomic E-state index is -0.698. The van der Waals surface area contributed by atoms with Crippen LogP contribution in [0.2, 0.25) is 0 Å². The monoisotopic (exact) mass is 291 g/mol. The number of nitrogens with zero attached hydrogens (tertiary/aromatic N) is 2. The molecule has 1 fully saturated rings. The van der Waals surface area contributed by atoms with Crippen LogP contribution in [0.5, 0.6) is 5.75 Å². The second kappa shape index (κ2) is 5.81. The van der Waals surface area contributed by atoms with Gasteiger partial charge in [0.05, 0.1) is 0 Å². The summed E-state index contributed by atoms with van der Waals surface area (Å²) in [6, 6.07) is 4.05. The van der Waals surface area contributed by atoms with Crippen LogP contribution < -0.4 is 5.73 Å². The molecule has 0 spiro atoms. The predicted molar refractivity (Wildman–Crippen MR) is 75.1 cm³/mol. The van der Waals surface area contributed by atoms with Gasteiger partial charge in [-0.1, -0.05) is 18.0 Å². The topological polar surface area (TPSA) is 85.2 Å². The maximum absolute atomic E-state index is 13.4. The standard InChI is InChI=1S/C15H18FN3O2/c16-12-7-9(5-6-13(12)20)14-18-15(21-19-14)11-4-2-1-3-10(11)8-17/h5-7,10-11,20H,1-4,8,17H2. The first-order valence-electron chi connectivity index (χ1n) is 7.21. The number of hydrogen-bond donors (Lipinski definition) is 2. The molecule has 1 aliphatic rings. The molecule has 0 radical (unpaired) electrons. The normalized spacial score (nSPS) is 22.4. The van der Waals surface area contributed by atoms with E-state index in [0.717, 1.165) is 19.3 Å². The summed E-state index contributed by atoms with van der Waals surface area (Å²) in [6.07, 6.45) is 4.38. The molecule has 6 heteroatoms. The van der Waals surface area contributed by atoms with Gasteiger partial charge in [0.15, 0.2) is 11.6 Å². The van der Waals surface area contributed by atoms with Gasteiger partial charge in [0.25, 0.3) is 0 Å². The van der Waals surface area contributed by atoms with Crippen LogP contribution in [0.15, 0.2) is 22.7 Å². The van der Waals surface area contributed by atoms with Crippen molar-refractivity contribution in [3.8, 4) is 17.1 Å².